The Morgan fingerprint density at radius 3 is 1.86 bits per heavy atom. The summed E-state index contributed by atoms with van der Waals surface area (Å²) in [5.41, 5.74) is 0. The Hall–Kier alpha value is -0.720. The maximum atomic E-state index is 4.82. The van der Waals surface area contributed by atoms with Crippen molar-refractivity contribution in [1.82, 2.24) is 5.23 Å². The molecule has 0 unspecified atom stereocenters. The highest BCUT2D eigenvalue weighted by molar-refractivity contribution is 4.73. The zero-order valence-electron chi connectivity index (χ0n) is 4.34. The number of rotatable bonds is 2. The Labute approximate surface area is 42.7 Å². The Morgan fingerprint density at radius 2 is 1.86 bits per heavy atom. The van der Waals surface area contributed by atoms with Gasteiger partial charge >= 0.3 is 0 Å². The Morgan fingerprint density at radius 1 is 1.43 bits per heavy atom. The van der Waals surface area contributed by atoms with Crippen LogP contribution in [0.3, 0.4) is 0 Å². The lowest BCUT2D eigenvalue weighted by molar-refractivity contribution is -0.298. The van der Waals surface area contributed by atoms with Crippen molar-refractivity contribution < 1.29 is 9.68 Å². The summed E-state index contributed by atoms with van der Waals surface area (Å²) in [6.07, 6.45) is 4.82. The monoisotopic (exact) mass is 101 g/mol. The van der Waals surface area contributed by atoms with E-state index in [-0.39, 0.29) is 0 Å². The molecule has 0 radical (unpaired) electrons. The van der Waals surface area contributed by atoms with Crippen LogP contribution < -0.4 is 0 Å². The molecule has 7 heavy (non-hydrogen) atoms. The predicted octanol–water partition coefficient (Wildman–Crippen LogP) is 0.00190. The summed E-state index contributed by atoms with van der Waals surface area (Å²) >= 11 is 0. The molecular formula is C4H7NO2. The Bertz CT molecular complexity index is 72.2. The third-order valence-corrected chi connectivity index (χ3v) is 0.437. The fraction of sp³-hybridized carbons (Fsp3) is 0.500. The van der Waals surface area contributed by atoms with Crippen LogP contribution in [0.2, 0.25) is 0 Å². The standard InChI is InChI=1S/C4H7NO2/c1-4-5(6-2)7-3/h1H,2-3H3. The van der Waals surface area contributed by atoms with Crippen LogP contribution in [0, 0.1) is 12.5 Å². The molecule has 0 N–H and O–H groups in total. The summed E-state index contributed by atoms with van der Waals surface area (Å²) in [4.78, 5) is 8.85. The first-order chi connectivity index (χ1) is 3.35. The van der Waals surface area contributed by atoms with Gasteiger partial charge in [-0.15, -0.1) is 0 Å². The molecule has 0 spiro atoms. The van der Waals surface area contributed by atoms with Crippen LogP contribution in [-0.4, -0.2) is 19.4 Å². The average Bonchev–Trinajstić information content (AvgIpc) is 1.72. The van der Waals surface area contributed by atoms with Crippen molar-refractivity contribution in [2.75, 3.05) is 14.2 Å². The highest BCUT2D eigenvalue weighted by atomic mass is 16.9. The van der Waals surface area contributed by atoms with Crippen molar-refractivity contribution in [2.24, 2.45) is 0 Å². The van der Waals surface area contributed by atoms with E-state index in [0.29, 0.717) is 0 Å². The van der Waals surface area contributed by atoms with Gasteiger partial charge in [0.25, 0.3) is 0 Å². The summed E-state index contributed by atoms with van der Waals surface area (Å²) in [7, 11) is 2.84. The maximum Gasteiger partial charge on any atom is 0.0673 e. The molecule has 0 saturated heterocycles. The second-order valence-corrected chi connectivity index (χ2v) is 0.751. The van der Waals surface area contributed by atoms with Gasteiger partial charge in [0.15, 0.2) is 0 Å². The Kier molecular flexibility index (Phi) is 3.11. The van der Waals surface area contributed by atoms with E-state index in [1.165, 1.54) is 14.2 Å². The molecule has 3 nitrogen and oxygen atoms in total. The molecule has 0 aromatic heterocycles. The van der Waals surface area contributed by atoms with Gasteiger partial charge in [0, 0.05) is 0 Å². The molecule has 0 amide bonds. The van der Waals surface area contributed by atoms with Crippen LogP contribution in [0.15, 0.2) is 0 Å². The van der Waals surface area contributed by atoms with E-state index < -0.39 is 0 Å². The topological polar surface area (TPSA) is 21.7 Å². The van der Waals surface area contributed by atoms with Crippen LogP contribution in [-0.2, 0) is 9.68 Å². The molecule has 0 bridgehead atoms. The molecule has 0 rings (SSSR count). The highest BCUT2D eigenvalue weighted by Gasteiger charge is 1.85. The van der Waals surface area contributed by atoms with Crippen LogP contribution in [0.1, 0.15) is 0 Å². The lowest BCUT2D eigenvalue weighted by Gasteiger charge is -2.07. The minimum Gasteiger partial charge on any atom is -0.245 e. The number of hydrogen-bond acceptors (Lipinski definition) is 3. The molecule has 3 heteroatoms. The minimum absolute atomic E-state index is 0.903. The van der Waals surface area contributed by atoms with Gasteiger partial charge in [-0.25, -0.2) is 9.68 Å². The molecule has 0 aliphatic rings. The van der Waals surface area contributed by atoms with Crippen molar-refractivity contribution in [1.29, 1.82) is 0 Å². The molecule has 0 aromatic rings. The third kappa shape index (κ3) is 2.04. The summed E-state index contributed by atoms with van der Waals surface area (Å²) in [5, 5.41) is 0.903. The summed E-state index contributed by atoms with van der Waals surface area (Å²) in [6.45, 7) is 0. The van der Waals surface area contributed by atoms with E-state index in [4.69, 9.17) is 6.42 Å². The second kappa shape index (κ2) is 3.47. The summed E-state index contributed by atoms with van der Waals surface area (Å²) in [6, 6.07) is 2.09. The molecule has 0 aromatic carbocycles. The van der Waals surface area contributed by atoms with E-state index in [9.17, 15) is 0 Å². The van der Waals surface area contributed by atoms with E-state index in [0.717, 1.165) is 5.23 Å². The lowest BCUT2D eigenvalue weighted by Crippen LogP contribution is -2.13. The van der Waals surface area contributed by atoms with Gasteiger partial charge in [-0.2, -0.15) is 0 Å². The van der Waals surface area contributed by atoms with Crippen LogP contribution in [0.5, 0.6) is 0 Å². The third-order valence-electron chi connectivity index (χ3n) is 0.437. The van der Waals surface area contributed by atoms with E-state index in [1.807, 2.05) is 0 Å². The van der Waals surface area contributed by atoms with Gasteiger partial charge < -0.3 is 0 Å². The van der Waals surface area contributed by atoms with Gasteiger partial charge in [0.2, 0.25) is 0 Å². The minimum atomic E-state index is 0.903. The zero-order chi connectivity index (χ0) is 5.70. The number of hydroxylamine groups is 2. The number of hydrogen-bond donors (Lipinski definition) is 0. The number of nitrogens with zero attached hydrogens (tertiary/aromatic N) is 1. The van der Waals surface area contributed by atoms with Gasteiger partial charge in [-0.05, 0) is 0 Å². The fourth-order valence-electron chi connectivity index (χ4n) is 0.180. The summed E-state index contributed by atoms with van der Waals surface area (Å²) in [5.74, 6) is 0. The smallest absolute Gasteiger partial charge is 0.0673 e. The predicted molar refractivity (Wildman–Crippen MR) is 24.7 cm³/mol. The van der Waals surface area contributed by atoms with E-state index in [2.05, 4.69) is 15.7 Å². The first-order valence-corrected chi connectivity index (χ1v) is 1.69. The normalized spacial score (nSPS) is 7.57. The van der Waals surface area contributed by atoms with Crippen molar-refractivity contribution in [3.8, 4) is 12.5 Å². The van der Waals surface area contributed by atoms with E-state index >= 15 is 0 Å². The molecule has 0 atom stereocenters. The fourth-order valence-corrected chi connectivity index (χ4v) is 0.180. The van der Waals surface area contributed by atoms with Gasteiger partial charge in [-0.3, -0.25) is 0 Å². The second-order valence-electron chi connectivity index (χ2n) is 0.751. The van der Waals surface area contributed by atoms with Gasteiger partial charge in [0.05, 0.1) is 20.3 Å². The molecule has 0 aliphatic heterocycles. The molecular weight excluding hydrogens is 94.0 g/mol. The molecule has 0 saturated carbocycles. The first kappa shape index (κ1) is 6.28. The first-order valence-electron chi connectivity index (χ1n) is 1.69. The molecule has 0 aliphatic carbocycles. The molecule has 0 heterocycles. The van der Waals surface area contributed by atoms with E-state index in [1.54, 1.807) is 0 Å². The van der Waals surface area contributed by atoms with Crippen molar-refractivity contribution in [3.63, 3.8) is 0 Å². The highest BCUT2D eigenvalue weighted by Crippen LogP contribution is 1.79. The SMILES string of the molecule is C#CN(OC)OC. The Balaban J connectivity index is 3.23. The van der Waals surface area contributed by atoms with Crippen LogP contribution >= 0.6 is 0 Å². The quantitative estimate of drug-likeness (QED) is 0.277. The molecule has 0 fully saturated rings. The average molecular weight is 101 g/mol. The van der Waals surface area contributed by atoms with Crippen LogP contribution in [0.4, 0.5) is 0 Å². The largest absolute Gasteiger partial charge is 0.245 e. The van der Waals surface area contributed by atoms with Gasteiger partial charge in [-0.1, -0.05) is 11.6 Å². The lowest BCUT2D eigenvalue weighted by atomic mass is 11.2. The zero-order valence-corrected chi connectivity index (χ0v) is 4.34. The van der Waals surface area contributed by atoms with Crippen molar-refractivity contribution >= 4 is 0 Å². The van der Waals surface area contributed by atoms with Gasteiger partial charge in [0.1, 0.15) is 0 Å². The van der Waals surface area contributed by atoms with Crippen LogP contribution in [0.25, 0.3) is 0 Å². The summed E-state index contributed by atoms with van der Waals surface area (Å²) < 4.78 is 0. The maximum absolute atomic E-state index is 4.82. The van der Waals surface area contributed by atoms with Crippen molar-refractivity contribution in [2.45, 2.75) is 0 Å². The molecule has 40 valence electrons. The number of terminal acetylenes is 1. The van der Waals surface area contributed by atoms with Crippen molar-refractivity contribution in [3.05, 3.63) is 0 Å².